The first kappa shape index (κ1) is 17.2. The van der Waals surface area contributed by atoms with E-state index < -0.39 is 5.60 Å². The van der Waals surface area contributed by atoms with E-state index in [1.54, 1.807) is 36.4 Å². The van der Waals surface area contributed by atoms with Gasteiger partial charge in [-0.1, -0.05) is 47.5 Å². The fourth-order valence-corrected chi connectivity index (χ4v) is 3.03. The van der Waals surface area contributed by atoms with E-state index in [-0.39, 0.29) is 12.6 Å². The molecule has 1 fully saturated rings. The number of ether oxygens (including phenoxy) is 2. The average molecular weight is 366 g/mol. The number of esters is 1. The van der Waals surface area contributed by atoms with Crippen molar-refractivity contribution in [2.45, 2.75) is 12.0 Å². The Morgan fingerprint density at radius 3 is 2.62 bits per heavy atom. The molecule has 1 aliphatic heterocycles. The second-order valence-corrected chi connectivity index (χ2v) is 6.40. The topological polar surface area (TPSA) is 47.6 Å². The summed E-state index contributed by atoms with van der Waals surface area (Å²) in [5.74, 6) is -0.342. The number of hydrogen-bond donors (Lipinski definition) is 1. The van der Waals surface area contributed by atoms with E-state index in [0.29, 0.717) is 35.3 Å². The van der Waals surface area contributed by atoms with E-state index in [9.17, 15) is 4.79 Å². The number of nitrogens with one attached hydrogen (secondary N) is 1. The number of hydrogen-bond acceptors (Lipinski definition) is 4. The zero-order valence-electron chi connectivity index (χ0n) is 12.9. The molecule has 0 amide bonds. The van der Waals surface area contributed by atoms with E-state index in [4.69, 9.17) is 32.7 Å². The molecule has 0 bridgehead atoms. The first-order valence-corrected chi connectivity index (χ1v) is 8.39. The zero-order valence-corrected chi connectivity index (χ0v) is 14.4. The van der Waals surface area contributed by atoms with Gasteiger partial charge in [-0.2, -0.15) is 0 Å². The maximum absolute atomic E-state index is 12.0. The largest absolute Gasteiger partial charge is 0.462 e. The normalized spacial score (nSPS) is 20.1. The highest BCUT2D eigenvalue weighted by Crippen LogP contribution is 2.35. The monoisotopic (exact) mass is 365 g/mol. The minimum absolute atomic E-state index is 0.246. The summed E-state index contributed by atoms with van der Waals surface area (Å²) in [6.45, 7) is 1.30. The lowest BCUT2D eigenvalue weighted by Gasteiger charge is -2.28. The second kappa shape index (κ2) is 7.53. The van der Waals surface area contributed by atoms with Crippen LogP contribution >= 0.6 is 23.2 Å². The van der Waals surface area contributed by atoms with Gasteiger partial charge in [-0.25, -0.2) is 4.79 Å². The van der Waals surface area contributed by atoms with Crippen molar-refractivity contribution >= 4 is 29.2 Å². The molecule has 0 radical (unpaired) electrons. The third kappa shape index (κ3) is 3.73. The molecule has 1 heterocycles. The van der Waals surface area contributed by atoms with Gasteiger partial charge >= 0.3 is 5.97 Å². The molecule has 24 heavy (non-hydrogen) atoms. The Morgan fingerprint density at radius 2 is 1.96 bits per heavy atom. The molecule has 3 rings (SSSR count). The fourth-order valence-electron chi connectivity index (χ4n) is 2.73. The molecule has 1 aliphatic rings. The van der Waals surface area contributed by atoms with Gasteiger partial charge in [-0.15, -0.1) is 0 Å². The Hall–Kier alpha value is -1.59. The Kier molecular flexibility index (Phi) is 5.41. The van der Waals surface area contributed by atoms with Crippen LogP contribution in [-0.2, 0) is 15.1 Å². The number of benzene rings is 2. The van der Waals surface area contributed by atoms with Gasteiger partial charge in [0.15, 0.2) is 0 Å². The number of halogens is 2. The molecule has 126 valence electrons. The lowest BCUT2D eigenvalue weighted by atomic mass is 9.91. The van der Waals surface area contributed by atoms with Crippen LogP contribution in [0.15, 0.2) is 48.5 Å². The fraction of sp³-hybridized carbons (Fsp3) is 0.278. The van der Waals surface area contributed by atoms with Crippen LogP contribution in [0.1, 0.15) is 22.3 Å². The Labute approximate surface area is 150 Å². The molecular weight excluding hydrogens is 349 g/mol. The molecule has 2 aromatic carbocycles. The predicted octanol–water partition coefficient (Wildman–Crippen LogP) is 4.01. The van der Waals surface area contributed by atoms with E-state index in [2.05, 4.69) is 5.32 Å². The van der Waals surface area contributed by atoms with E-state index >= 15 is 0 Å². The van der Waals surface area contributed by atoms with Crippen molar-refractivity contribution in [3.05, 3.63) is 69.7 Å². The van der Waals surface area contributed by atoms with Crippen LogP contribution < -0.4 is 5.32 Å². The van der Waals surface area contributed by atoms with Gasteiger partial charge < -0.3 is 9.47 Å². The minimum Gasteiger partial charge on any atom is -0.462 e. The molecule has 6 heteroatoms. The summed E-state index contributed by atoms with van der Waals surface area (Å²) in [6.07, 6.45) is 0.524. The smallest absolute Gasteiger partial charge is 0.338 e. The lowest BCUT2D eigenvalue weighted by Crippen LogP contribution is -2.32. The Morgan fingerprint density at radius 1 is 1.17 bits per heavy atom. The highest BCUT2D eigenvalue weighted by molar-refractivity contribution is 6.42. The molecule has 1 unspecified atom stereocenters. The van der Waals surface area contributed by atoms with Gasteiger partial charge in [0.05, 0.1) is 28.9 Å². The van der Waals surface area contributed by atoms with Crippen molar-refractivity contribution in [2.24, 2.45) is 0 Å². The highest BCUT2D eigenvalue weighted by atomic mass is 35.5. The molecule has 0 saturated carbocycles. The van der Waals surface area contributed by atoms with Gasteiger partial charge in [-0.05, 0) is 29.8 Å². The minimum atomic E-state index is -0.578. The van der Waals surface area contributed by atoms with Crippen molar-refractivity contribution in [3.63, 3.8) is 0 Å². The Bertz CT molecular complexity index is 715. The number of carbonyl (C=O) groups excluding carboxylic acids is 1. The molecule has 0 aliphatic carbocycles. The third-order valence-electron chi connectivity index (χ3n) is 4.06. The molecule has 0 spiro atoms. The van der Waals surface area contributed by atoms with Crippen LogP contribution in [0.4, 0.5) is 0 Å². The summed E-state index contributed by atoms with van der Waals surface area (Å²) < 4.78 is 11.3. The van der Waals surface area contributed by atoms with Gasteiger partial charge in [0.25, 0.3) is 0 Å². The predicted molar refractivity (Wildman–Crippen MR) is 93.4 cm³/mol. The SMILES string of the molecule is O=C(OCCC1(c2ccc(Cl)c(Cl)c2)CNCO1)c1ccccc1. The molecule has 1 atom stereocenters. The van der Waals surface area contributed by atoms with Crippen LogP contribution in [0.3, 0.4) is 0 Å². The summed E-state index contributed by atoms with van der Waals surface area (Å²) >= 11 is 12.1. The summed E-state index contributed by atoms with van der Waals surface area (Å²) in [7, 11) is 0. The summed E-state index contributed by atoms with van der Waals surface area (Å²) in [5.41, 5.74) is 0.870. The standard InChI is InChI=1S/C18H17Cl2NO3/c19-15-7-6-14(10-16(15)20)18(11-21-12-24-18)8-9-23-17(22)13-4-2-1-3-5-13/h1-7,10,21H,8-9,11-12H2. The van der Waals surface area contributed by atoms with Crippen LogP contribution in [0.5, 0.6) is 0 Å². The number of carbonyl (C=O) groups is 1. The number of rotatable bonds is 5. The van der Waals surface area contributed by atoms with Crippen LogP contribution in [-0.4, -0.2) is 25.9 Å². The third-order valence-corrected chi connectivity index (χ3v) is 4.79. The van der Waals surface area contributed by atoms with Crippen LogP contribution in [0.25, 0.3) is 0 Å². The summed E-state index contributed by atoms with van der Waals surface area (Å²) in [4.78, 5) is 12.0. The van der Waals surface area contributed by atoms with Crippen molar-refractivity contribution in [2.75, 3.05) is 19.9 Å². The van der Waals surface area contributed by atoms with Crippen molar-refractivity contribution < 1.29 is 14.3 Å². The maximum atomic E-state index is 12.0. The van der Waals surface area contributed by atoms with Crippen molar-refractivity contribution in [1.82, 2.24) is 5.32 Å². The average Bonchev–Trinajstić information content (AvgIpc) is 3.08. The van der Waals surface area contributed by atoms with Crippen LogP contribution in [0, 0.1) is 0 Å². The zero-order chi connectivity index (χ0) is 17.0. The Balaban J connectivity index is 1.68. The first-order valence-electron chi connectivity index (χ1n) is 7.63. The quantitative estimate of drug-likeness (QED) is 0.813. The highest BCUT2D eigenvalue weighted by Gasteiger charge is 2.37. The first-order chi connectivity index (χ1) is 11.6. The van der Waals surface area contributed by atoms with Crippen LogP contribution in [0.2, 0.25) is 10.0 Å². The van der Waals surface area contributed by atoms with Crippen molar-refractivity contribution in [3.8, 4) is 0 Å². The molecule has 0 aromatic heterocycles. The summed E-state index contributed by atoms with van der Waals surface area (Å²) in [6, 6.07) is 14.4. The van der Waals surface area contributed by atoms with Gasteiger partial charge in [0, 0.05) is 13.0 Å². The molecule has 1 saturated heterocycles. The van der Waals surface area contributed by atoms with E-state index in [0.717, 1.165) is 5.56 Å². The van der Waals surface area contributed by atoms with Gasteiger partial charge in [0.1, 0.15) is 5.60 Å². The van der Waals surface area contributed by atoms with Gasteiger partial charge in [0.2, 0.25) is 0 Å². The van der Waals surface area contributed by atoms with Crippen molar-refractivity contribution in [1.29, 1.82) is 0 Å². The molecular formula is C18H17Cl2NO3. The molecule has 4 nitrogen and oxygen atoms in total. The van der Waals surface area contributed by atoms with E-state index in [1.165, 1.54) is 0 Å². The molecule has 2 aromatic rings. The van der Waals surface area contributed by atoms with E-state index in [1.807, 2.05) is 12.1 Å². The second-order valence-electron chi connectivity index (χ2n) is 5.59. The summed E-state index contributed by atoms with van der Waals surface area (Å²) in [5, 5.41) is 4.15. The van der Waals surface area contributed by atoms with Gasteiger partial charge in [-0.3, -0.25) is 5.32 Å². The molecule has 1 N–H and O–H groups in total. The lowest BCUT2D eigenvalue weighted by molar-refractivity contribution is -0.0177. The maximum Gasteiger partial charge on any atom is 0.338 e.